The third kappa shape index (κ3) is 4.37. The van der Waals surface area contributed by atoms with E-state index in [2.05, 4.69) is 72.8 Å². The van der Waals surface area contributed by atoms with Crippen molar-refractivity contribution in [2.24, 2.45) is 0 Å². The largest absolute Gasteiger partial charge is 0.314 e. The number of ketones is 1. The van der Waals surface area contributed by atoms with Gasteiger partial charge in [0.05, 0.1) is 5.41 Å². The number of carbonyl (C=O) groups is 1. The molecule has 0 unspecified atom stereocenters. The van der Waals surface area contributed by atoms with Crippen LogP contribution < -0.4 is 5.32 Å². The summed E-state index contributed by atoms with van der Waals surface area (Å²) in [5.74, 6) is 0.302. The van der Waals surface area contributed by atoms with Gasteiger partial charge in [-0.2, -0.15) is 0 Å². The van der Waals surface area contributed by atoms with Gasteiger partial charge in [-0.3, -0.25) is 4.79 Å². The summed E-state index contributed by atoms with van der Waals surface area (Å²) in [6.07, 6.45) is 4.90. The van der Waals surface area contributed by atoms with Crippen molar-refractivity contribution in [3.8, 4) is 0 Å². The fourth-order valence-corrected chi connectivity index (χ4v) is 4.70. The van der Waals surface area contributed by atoms with E-state index in [4.69, 9.17) is 0 Å². The van der Waals surface area contributed by atoms with E-state index >= 15 is 0 Å². The van der Waals surface area contributed by atoms with Gasteiger partial charge in [-0.1, -0.05) is 67.6 Å². The third-order valence-electron chi connectivity index (χ3n) is 6.32. The van der Waals surface area contributed by atoms with Crippen molar-refractivity contribution in [3.05, 3.63) is 71.8 Å². The molecule has 0 radical (unpaired) electrons. The van der Waals surface area contributed by atoms with Crippen LogP contribution in [0.15, 0.2) is 60.7 Å². The summed E-state index contributed by atoms with van der Waals surface area (Å²) < 4.78 is 0. The number of nitrogens with zero attached hydrogens (tertiary/aromatic N) is 1. The fourth-order valence-electron chi connectivity index (χ4n) is 4.70. The predicted molar refractivity (Wildman–Crippen MR) is 117 cm³/mol. The van der Waals surface area contributed by atoms with Crippen LogP contribution in [0.4, 0.5) is 0 Å². The van der Waals surface area contributed by atoms with Gasteiger partial charge >= 0.3 is 0 Å². The van der Waals surface area contributed by atoms with E-state index in [9.17, 15) is 4.79 Å². The quantitative estimate of drug-likeness (QED) is 0.701. The summed E-state index contributed by atoms with van der Waals surface area (Å²) in [5, 5.41) is 3.64. The zero-order chi connectivity index (χ0) is 20.0. The van der Waals surface area contributed by atoms with Crippen molar-refractivity contribution < 1.29 is 4.79 Å². The molecule has 0 spiro atoms. The first-order chi connectivity index (χ1) is 13.6. The molecule has 28 heavy (non-hydrogen) atoms. The zero-order valence-electron chi connectivity index (χ0n) is 17.5. The van der Waals surface area contributed by atoms with Crippen molar-refractivity contribution in [3.63, 3.8) is 0 Å². The lowest BCUT2D eigenvalue weighted by Crippen LogP contribution is -2.45. The maximum absolute atomic E-state index is 13.6. The van der Waals surface area contributed by atoms with Crippen LogP contribution in [0, 0.1) is 0 Å². The van der Waals surface area contributed by atoms with Gasteiger partial charge in [0.15, 0.2) is 0 Å². The van der Waals surface area contributed by atoms with Crippen LogP contribution in [0.5, 0.6) is 0 Å². The predicted octanol–water partition coefficient (Wildman–Crippen LogP) is 4.41. The third-order valence-corrected chi connectivity index (χ3v) is 6.32. The minimum absolute atomic E-state index is 0.302. The van der Waals surface area contributed by atoms with Crippen LogP contribution in [0.2, 0.25) is 0 Å². The highest BCUT2D eigenvalue weighted by atomic mass is 16.1. The highest BCUT2D eigenvalue weighted by Gasteiger charge is 2.43. The maximum Gasteiger partial charge on any atom is 0.147 e. The molecule has 2 aromatic rings. The second kappa shape index (κ2) is 9.49. The van der Waals surface area contributed by atoms with Crippen molar-refractivity contribution in [2.75, 3.05) is 20.6 Å². The SMILES string of the molecule is CCC(=O)C(C[C@H](C[C@@H]1CCCN1)N(C)C)(c1ccccc1)c1ccccc1. The first-order valence-corrected chi connectivity index (χ1v) is 10.6. The topological polar surface area (TPSA) is 32.3 Å². The van der Waals surface area contributed by atoms with E-state index in [1.807, 2.05) is 19.1 Å². The van der Waals surface area contributed by atoms with Crippen LogP contribution in [-0.2, 0) is 10.2 Å². The molecule has 0 bridgehead atoms. The Balaban J connectivity index is 2.07. The van der Waals surface area contributed by atoms with Gasteiger partial charge in [0.1, 0.15) is 5.78 Å². The Morgan fingerprint density at radius 1 is 1.07 bits per heavy atom. The van der Waals surface area contributed by atoms with Crippen LogP contribution >= 0.6 is 0 Å². The summed E-state index contributed by atoms with van der Waals surface area (Å²) >= 11 is 0. The Morgan fingerprint density at radius 2 is 1.64 bits per heavy atom. The molecule has 0 aliphatic carbocycles. The summed E-state index contributed by atoms with van der Waals surface area (Å²) in [6.45, 7) is 3.10. The number of rotatable bonds is 9. The van der Waals surface area contributed by atoms with Crippen molar-refractivity contribution >= 4 is 5.78 Å². The number of hydrogen-bond donors (Lipinski definition) is 1. The lowest BCUT2D eigenvalue weighted by atomic mass is 9.66. The normalized spacial score (nSPS) is 18.4. The number of carbonyl (C=O) groups excluding carboxylic acids is 1. The first kappa shape index (κ1) is 20.8. The van der Waals surface area contributed by atoms with E-state index in [0.717, 1.165) is 30.5 Å². The van der Waals surface area contributed by atoms with Crippen LogP contribution in [0.25, 0.3) is 0 Å². The number of hydrogen-bond acceptors (Lipinski definition) is 3. The van der Waals surface area contributed by atoms with E-state index in [-0.39, 0.29) is 0 Å². The van der Waals surface area contributed by atoms with E-state index < -0.39 is 5.41 Å². The fraction of sp³-hybridized carbons (Fsp3) is 0.480. The van der Waals surface area contributed by atoms with Gasteiger partial charge in [-0.15, -0.1) is 0 Å². The highest BCUT2D eigenvalue weighted by Crippen LogP contribution is 2.40. The molecule has 3 heteroatoms. The van der Waals surface area contributed by atoms with Gasteiger partial charge < -0.3 is 10.2 Å². The van der Waals surface area contributed by atoms with E-state index in [0.29, 0.717) is 24.3 Å². The molecule has 2 atom stereocenters. The van der Waals surface area contributed by atoms with E-state index in [1.165, 1.54) is 12.8 Å². The van der Waals surface area contributed by atoms with Crippen molar-refractivity contribution in [1.82, 2.24) is 10.2 Å². The molecule has 3 rings (SSSR count). The Bertz CT molecular complexity index is 696. The molecule has 0 aromatic heterocycles. The first-order valence-electron chi connectivity index (χ1n) is 10.6. The van der Waals surface area contributed by atoms with Crippen LogP contribution in [0.3, 0.4) is 0 Å². The molecule has 2 aromatic carbocycles. The van der Waals surface area contributed by atoms with Gasteiger partial charge in [0.2, 0.25) is 0 Å². The van der Waals surface area contributed by atoms with Gasteiger partial charge in [0.25, 0.3) is 0 Å². The molecule has 1 fully saturated rings. The van der Waals surface area contributed by atoms with Gasteiger partial charge in [0, 0.05) is 18.5 Å². The van der Waals surface area contributed by atoms with Crippen LogP contribution in [-0.4, -0.2) is 43.4 Å². The maximum atomic E-state index is 13.6. The lowest BCUT2D eigenvalue weighted by Gasteiger charge is -2.39. The minimum atomic E-state index is -0.606. The van der Waals surface area contributed by atoms with Crippen molar-refractivity contribution in [1.29, 1.82) is 0 Å². The molecular formula is C25H34N2O. The molecule has 150 valence electrons. The molecule has 1 aliphatic heterocycles. The second-order valence-electron chi connectivity index (χ2n) is 8.26. The Labute approximate surface area is 170 Å². The molecule has 1 N–H and O–H groups in total. The summed E-state index contributed by atoms with van der Waals surface area (Å²) in [4.78, 5) is 15.9. The molecule has 3 nitrogen and oxygen atoms in total. The van der Waals surface area contributed by atoms with Crippen LogP contribution in [0.1, 0.15) is 50.2 Å². The van der Waals surface area contributed by atoms with Crippen molar-refractivity contribution in [2.45, 2.75) is 56.5 Å². The molecule has 1 saturated heterocycles. The Hall–Kier alpha value is -1.97. The number of Topliss-reactive ketones (excluding diaryl/α,β-unsaturated/α-hetero) is 1. The Morgan fingerprint density at radius 3 is 2.07 bits per heavy atom. The standard InChI is InChI=1S/C25H34N2O/c1-4-24(28)25(20-12-7-5-8-13-20,21-14-9-6-10-15-21)19-23(27(2)3)18-22-16-11-17-26-22/h5-10,12-15,22-23,26H,4,11,16-19H2,1-3H3/t22-,23-/m0/s1. The molecule has 0 saturated carbocycles. The van der Waals surface area contributed by atoms with Gasteiger partial charge in [-0.25, -0.2) is 0 Å². The summed E-state index contributed by atoms with van der Waals surface area (Å²) in [7, 11) is 4.30. The molecular weight excluding hydrogens is 344 g/mol. The Kier molecular flexibility index (Phi) is 7.03. The minimum Gasteiger partial charge on any atom is -0.314 e. The summed E-state index contributed by atoms with van der Waals surface area (Å²) in [6, 6.07) is 21.7. The average molecular weight is 379 g/mol. The monoisotopic (exact) mass is 378 g/mol. The van der Waals surface area contributed by atoms with Gasteiger partial charge in [-0.05, 0) is 57.5 Å². The second-order valence-corrected chi connectivity index (χ2v) is 8.26. The lowest BCUT2D eigenvalue weighted by molar-refractivity contribution is -0.123. The zero-order valence-corrected chi connectivity index (χ0v) is 17.5. The van der Waals surface area contributed by atoms with E-state index in [1.54, 1.807) is 0 Å². The molecule has 1 aliphatic rings. The molecule has 0 amide bonds. The molecule has 1 heterocycles. The number of benzene rings is 2. The smallest absolute Gasteiger partial charge is 0.147 e. The average Bonchev–Trinajstić information content (AvgIpc) is 3.25. The number of nitrogens with one attached hydrogen (secondary N) is 1. The summed E-state index contributed by atoms with van der Waals surface area (Å²) in [5.41, 5.74) is 1.61. The highest BCUT2D eigenvalue weighted by molar-refractivity contribution is 5.93.